The van der Waals surface area contributed by atoms with Gasteiger partial charge < -0.3 is 5.32 Å². The lowest BCUT2D eigenvalue weighted by atomic mass is 10.1. The zero-order valence-electron chi connectivity index (χ0n) is 10.6. The van der Waals surface area contributed by atoms with Crippen LogP contribution >= 0.6 is 0 Å². The van der Waals surface area contributed by atoms with E-state index < -0.39 is 0 Å². The van der Waals surface area contributed by atoms with E-state index in [0.29, 0.717) is 6.04 Å². The topological polar surface area (TPSA) is 37.8 Å². The van der Waals surface area contributed by atoms with Crippen molar-refractivity contribution >= 4 is 0 Å². The van der Waals surface area contributed by atoms with E-state index in [0.717, 1.165) is 23.5 Å². The van der Waals surface area contributed by atoms with Gasteiger partial charge in [0.05, 0.1) is 29.8 Å². The molecule has 0 bridgehead atoms. The van der Waals surface area contributed by atoms with E-state index in [2.05, 4.69) is 46.5 Å². The number of nitrogens with zero attached hydrogens (tertiary/aromatic N) is 2. The smallest absolute Gasteiger partial charge is 0.0885 e. The van der Waals surface area contributed by atoms with Crippen molar-refractivity contribution < 1.29 is 0 Å². The summed E-state index contributed by atoms with van der Waals surface area (Å²) in [5, 5.41) is 3.44. The van der Waals surface area contributed by atoms with Gasteiger partial charge in [-0.25, -0.2) is 0 Å². The van der Waals surface area contributed by atoms with E-state index in [1.165, 1.54) is 18.4 Å². The first-order chi connectivity index (χ1) is 8.83. The van der Waals surface area contributed by atoms with Gasteiger partial charge in [-0.1, -0.05) is 29.8 Å². The Labute approximate surface area is 107 Å². The van der Waals surface area contributed by atoms with Gasteiger partial charge in [0.1, 0.15) is 0 Å². The van der Waals surface area contributed by atoms with E-state index >= 15 is 0 Å². The van der Waals surface area contributed by atoms with Crippen LogP contribution in [0, 0.1) is 6.92 Å². The van der Waals surface area contributed by atoms with Crippen LogP contribution in [0.2, 0.25) is 0 Å². The van der Waals surface area contributed by atoms with Crippen molar-refractivity contribution in [3.8, 4) is 11.3 Å². The largest absolute Gasteiger partial charge is 0.309 e. The summed E-state index contributed by atoms with van der Waals surface area (Å²) in [4.78, 5) is 9.06. The first kappa shape index (κ1) is 11.4. The van der Waals surface area contributed by atoms with Crippen LogP contribution in [0.5, 0.6) is 0 Å². The van der Waals surface area contributed by atoms with Crippen LogP contribution in [0.25, 0.3) is 11.3 Å². The van der Waals surface area contributed by atoms with Crippen LogP contribution in [-0.2, 0) is 0 Å². The maximum Gasteiger partial charge on any atom is 0.0885 e. The number of benzene rings is 1. The lowest BCUT2D eigenvalue weighted by Gasteiger charge is -2.09. The quantitative estimate of drug-likeness (QED) is 0.875. The van der Waals surface area contributed by atoms with Gasteiger partial charge in [0.15, 0.2) is 0 Å². The molecule has 1 aromatic heterocycles. The van der Waals surface area contributed by atoms with Crippen LogP contribution in [0.1, 0.15) is 30.1 Å². The van der Waals surface area contributed by atoms with Crippen molar-refractivity contribution in [3.05, 3.63) is 47.9 Å². The summed E-state index contributed by atoms with van der Waals surface area (Å²) < 4.78 is 0. The molecule has 3 heteroatoms. The first-order valence-electron chi connectivity index (χ1n) is 6.45. The second-order valence-electron chi connectivity index (χ2n) is 4.84. The third-order valence-electron chi connectivity index (χ3n) is 3.44. The molecule has 92 valence electrons. The van der Waals surface area contributed by atoms with Crippen LogP contribution in [-0.4, -0.2) is 16.5 Å². The van der Waals surface area contributed by atoms with Gasteiger partial charge >= 0.3 is 0 Å². The Bertz CT molecular complexity index is 510. The number of nitrogens with one attached hydrogen (secondary N) is 1. The highest BCUT2D eigenvalue weighted by molar-refractivity contribution is 5.58. The van der Waals surface area contributed by atoms with Crippen molar-refractivity contribution in [2.45, 2.75) is 25.8 Å². The molecule has 1 saturated heterocycles. The molecule has 1 aliphatic rings. The lowest BCUT2D eigenvalue weighted by Crippen LogP contribution is -2.14. The molecule has 0 amide bonds. The Morgan fingerprint density at radius 2 is 1.94 bits per heavy atom. The SMILES string of the molecule is Cc1ccc(-c2cnc(C3CCCN3)cn2)cc1. The molecule has 2 heterocycles. The van der Waals surface area contributed by atoms with Crippen molar-refractivity contribution in [2.24, 2.45) is 0 Å². The highest BCUT2D eigenvalue weighted by Gasteiger charge is 2.17. The zero-order chi connectivity index (χ0) is 12.4. The lowest BCUT2D eigenvalue weighted by molar-refractivity contribution is 0.624. The average molecular weight is 239 g/mol. The van der Waals surface area contributed by atoms with Crippen molar-refractivity contribution in [1.82, 2.24) is 15.3 Å². The van der Waals surface area contributed by atoms with E-state index in [4.69, 9.17) is 0 Å². The summed E-state index contributed by atoms with van der Waals surface area (Å²) in [6.07, 6.45) is 6.17. The fourth-order valence-electron chi connectivity index (χ4n) is 2.33. The molecule has 1 aromatic carbocycles. The fourth-order valence-corrected chi connectivity index (χ4v) is 2.33. The van der Waals surface area contributed by atoms with Gasteiger partial charge in [-0.05, 0) is 26.3 Å². The highest BCUT2D eigenvalue weighted by atomic mass is 15.0. The summed E-state index contributed by atoms with van der Waals surface area (Å²) in [6, 6.07) is 8.77. The summed E-state index contributed by atoms with van der Waals surface area (Å²) in [5.74, 6) is 0. The predicted molar refractivity (Wildman–Crippen MR) is 72.2 cm³/mol. The number of hydrogen-bond acceptors (Lipinski definition) is 3. The molecule has 0 radical (unpaired) electrons. The fraction of sp³-hybridized carbons (Fsp3) is 0.333. The minimum atomic E-state index is 0.393. The molecule has 3 rings (SSSR count). The molecule has 2 aromatic rings. The van der Waals surface area contributed by atoms with Gasteiger partial charge in [0.25, 0.3) is 0 Å². The maximum absolute atomic E-state index is 4.53. The third kappa shape index (κ3) is 2.27. The average Bonchev–Trinajstić information content (AvgIpc) is 2.94. The highest BCUT2D eigenvalue weighted by Crippen LogP contribution is 2.22. The summed E-state index contributed by atoms with van der Waals surface area (Å²) in [7, 11) is 0. The van der Waals surface area contributed by atoms with Gasteiger partial charge in [-0.2, -0.15) is 0 Å². The standard InChI is InChI=1S/C15H17N3/c1-11-4-6-12(7-5-11)14-9-18-15(10-17-14)13-3-2-8-16-13/h4-7,9-10,13,16H,2-3,8H2,1H3. The van der Waals surface area contributed by atoms with E-state index in [1.807, 2.05) is 12.4 Å². The van der Waals surface area contributed by atoms with Crippen molar-refractivity contribution in [3.63, 3.8) is 0 Å². The van der Waals surface area contributed by atoms with Crippen LogP contribution in [0.15, 0.2) is 36.7 Å². The molecule has 0 saturated carbocycles. The first-order valence-corrected chi connectivity index (χ1v) is 6.45. The molecule has 0 spiro atoms. The molecular weight excluding hydrogens is 222 g/mol. The number of hydrogen-bond donors (Lipinski definition) is 1. The normalized spacial score (nSPS) is 19.1. The summed E-state index contributed by atoms with van der Waals surface area (Å²) >= 11 is 0. The minimum Gasteiger partial charge on any atom is -0.309 e. The number of aryl methyl sites for hydroxylation is 1. The number of rotatable bonds is 2. The van der Waals surface area contributed by atoms with Crippen LogP contribution in [0.4, 0.5) is 0 Å². The summed E-state index contributed by atoms with van der Waals surface area (Å²) in [5.41, 5.74) is 4.39. The van der Waals surface area contributed by atoms with Crippen LogP contribution < -0.4 is 5.32 Å². The Morgan fingerprint density at radius 1 is 1.11 bits per heavy atom. The Kier molecular flexibility index (Phi) is 3.07. The van der Waals surface area contributed by atoms with Crippen molar-refractivity contribution in [1.29, 1.82) is 0 Å². The summed E-state index contributed by atoms with van der Waals surface area (Å²) in [6.45, 7) is 3.18. The Hall–Kier alpha value is -1.74. The Morgan fingerprint density at radius 3 is 2.56 bits per heavy atom. The molecular formula is C15H17N3. The molecule has 1 fully saturated rings. The molecule has 1 aliphatic heterocycles. The van der Waals surface area contributed by atoms with E-state index in [-0.39, 0.29) is 0 Å². The van der Waals surface area contributed by atoms with Gasteiger partial charge in [-0.3, -0.25) is 9.97 Å². The molecule has 3 nitrogen and oxygen atoms in total. The molecule has 1 unspecified atom stereocenters. The molecule has 1 atom stereocenters. The zero-order valence-corrected chi connectivity index (χ0v) is 10.6. The monoisotopic (exact) mass is 239 g/mol. The van der Waals surface area contributed by atoms with Gasteiger partial charge in [0, 0.05) is 5.56 Å². The molecule has 0 aliphatic carbocycles. The Balaban J connectivity index is 1.84. The molecule has 18 heavy (non-hydrogen) atoms. The van der Waals surface area contributed by atoms with Gasteiger partial charge in [0.2, 0.25) is 0 Å². The molecule has 1 N–H and O–H groups in total. The van der Waals surface area contributed by atoms with E-state index in [1.54, 1.807) is 0 Å². The predicted octanol–water partition coefficient (Wildman–Crippen LogP) is 2.88. The third-order valence-corrected chi connectivity index (χ3v) is 3.44. The second kappa shape index (κ2) is 4.86. The number of aromatic nitrogens is 2. The maximum atomic E-state index is 4.53. The minimum absolute atomic E-state index is 0.393. The second-order valence-corrected chi connectivity index (χ2v) is 4.84. The van der Waals surface area contributed by atoms with Crippen molar-refractivity contribution in [2.75, 3.05) is 6.54 Å². The van der Waals surface area contributed by atoms with Gasteiger partial charge in [-0.15, -0.1) is 0 Å². The van der Waals surface area contributed by atoms with Crippen LogP contribution in [0.3, 0.4) is 0 Å². The van der Waals surface area contributed by atoms with E-state index in [9.17, 15) is 0 Å².